The number of hydrogen-bond acceptors (Lipinski definition) is 3. The van der Waals surface area contributed by atoms with E-state index in [1.54, 1.807) is 11.3 Å². The summed E-state index contributed by atoms with van der Waals surface area (Å²) >= 11 is 7.35. The maximum Gasteiger partial charge on any atom is 0.125 e. The molecule has 0 radical (unpaired) electrons. The summed E-state index contributed by atoms with van der Waals surface area (Å²) in [7, 11) is 0. The van der Waals surface area contributed by atoms with Gasteiger partial charge < -0.3 is 4.74 Å². The van der Waals surface area contributed by atoms with Gasteiger partial charge in [-0.2, -0.15) is 0 Å². The second-order valence-electron chi connectivity index (χ2n) is 3.46. The lowest BCUT2D eigenvalue weighted by atomic mass is 10.0. The summed E-state index contributed by atoms with van der Waals surface area (Å²) in [6.45, 7) is 2.96. The molecule has 72 valence electrons. The van der Waals surface area contributed by atoms with Crippen LogP contribution < -0.4 is 0 Å². The SMILES string of the molecule is CC1(c2nc(CCl)cs2)CCCO1. The van der Waals surface area contributed by atoms with Gasteiger partial charge in [0.15, 0.2) is 0 Å². The van der Waals surface area contributed by atoms with Crippen LogP contribution in [0.5, 0.6) is 0 Å². The van der Waals surface area contributed by atoms with Crippen LogP contribution in [0.4, 0.5) is 0 Å². The molecular weight excluding hydrogens is 206 g/mol. The number of rotatable bonds is 2. The quantitative estimate of drug-likeness (QED) is 0.711. The Labute approximate surface area is 86.9 Å². The number of thiazole rings is 1. The van der Waals surface area contributed by atoms with E-state index in [-0.39, 0.29) is 5.60 Å². The van der Waals surface area contributed by atoms with Gasteiger partial charge in [-0.05, 0) is 19.8 Å². The highest BCUT2D eigenvalue weighted by molar-refractivity contribution is 7.09. The van der Waals surface area contributed by atoms with Gasteiger partial charge in [-0.1, -0.05) is 0 Å². The van der Waals surface area contributed by atoms with E-state index in [2.05, 4.69) is 11.9 Å². The Hall–Kier alpha value is -0.120. The molecule has 0 aliphatic carbocycles. The van der Waals surface area contributed by atoms with Crippen molar-refractivity contribution in [3.8, 4) is 0 Å². The minimum absolute atomic E-state index is 0.144. The summed E-state index contributed by atoms with van der Waals surface area (Å²) in [5.74, 6) is 0.493. The molecule has 0 N–H and O–H groups in total. The predicted octanol–water partition coefficient (Wildman–Crippen LogP) is 2.91. The summed E-state index contributed by atoms with van der Waals surface area (Å²) in [6.07, 6.45) is 2.20. The van der Waals surface area contributed by atoms with Gasteiger partial charge in [0, 0.05) is 12.0 Å². The van der Waals surface area contributed by atoms with Crippen LogP contribution >= 0.6 is 22.9 Å². The van der Waals surface area contributed by atoms with Crippen LogP contribution in [0.1, 0.15) is 30.5 Å². The summed E-state index contributed by atoms with van der Waals surface area (Å²) in [4.78, 5) is 4.44. The van der Waals surface area contributed by atoms with Crippen molar-refractivity contribution in [3.63, 3.8) is 0 Å². The molecule has 1 aromatic rings. The maximum atomic E-state index is 5.70. The van der Waals surface area contributed by atoms with Crippen LogP contribution in [0.3, 0.4) is 0 Å². The van der Waals surface area contributed by atoms with Crippen LogP contribution in [0.15, 0.2) is 5.38 Å². The van der Waals surface area contributed by atoms with Gasteiger partial charge in [0.2, 0.25) is 0 Å². The van der Waals surface area contributed by atoms with E-state index in [0.29, 0.717) is 5.88 Å². The highest BCUT2D eigenvalue weighted by atomic mass is 35.5. The molecule has 1 aliphatic heterocycles. The molecule has 0 spiro atoms. The third kappa shape index (κ3) is 1.73. The lowest BCUT2D eigenvalue weighted by Crippen LogP contribution is -2.19. The lowest BCUT2D eigenvalue weighted by molar-refractivity contribution is 0.0166. The fraction of sp³-hybridized carbons (Fsp3) is 0.667. The number of hydrogen-bond donors (Lipinski definition) is 0. The standard InChI is InChI=1S/C9H12ClNOS/c1-9(3-2-4-12-9)8-11-7(5-10)6-13-8/h6H,2-5H2,1H3. The van der Waals surface area contributed by atoms with Crippen LogP contribution in [-0.4, -0.2) is 11.6 Å². The van der Waals surface area contributed by atoms with Gasteiger partial charge in [0.25, 0.3) is 0 Å². The van der Waals surface area contributed by atoms with Crippen molar-refractivity contribution >= 4 is 22.9 Å². The van der Waals surface area contributed by atoms with E-state index in [1.165, 1.54) is 0 Å². The smallest absolute Gasteiger partial charge is 0.125 e. The molecule has 13 heavy (non-hydrogen) atoms. The zero-order chi connectivity index (χ0) is 9.31. The zero-order valence-electron chi connectivity index (χ0n) is 7.55. The van der Waals surface area contributed by atoms with Crippen molar-refractivity contribution in [1.29, 1.82) is 0 Å². The molecule has 2 heterocycles. The Bertz CT molecular complexity index is 294. The van der Waals surface area contributed by atoms with Crippen molar-refractivity contribution in [2.45, 2.75) is 31.2 Å². The molecule has 0 aromatic carbocycles. The molecule has 4 heteroatoms. The number of halogens is 1. The first-order chi connectivity index (χ1) is 6.24. The van der Waals surface area contributed by atoms with Crippen molar-refractivity contribution in [3.05, 3.63) is 16.1 Å². The van der Waals surface area contributed by atoms with Crippen LogP contribution in [0.2, 0.25) is 0 Å². The van der Waals surface area contributed by atoms with Crippen molar-refractivity contribution in [1.82, 2.24) is 4.98 Å². The van der Waals surface area contributed by atoms with Gasteiger partial charge in [-0.25, -0.2) is 4.98 Å². The fourth-order valence-electron chi connectivity index (χ4n) is 1.56. The molecule has 1 saturated heterocycles. The zero-order valence-corrected chi connectivity index (χ0v) is 9.12. The van der Waals surface area contributed by atoms with E-state index in [9.17, 15) is 0 Å². The van der Waals surface area contributed by atoms with Crippen molar-refractivity contribution < 1.29 is 4.74 Å². The Kier molecular flexibility index (Phi) is 2.58. The first-order valence-electron chi connectivity index (χ1n) is 4.39. The maximum absolute atomic E-state index is 5.70. The number of ether oxygens (including phenoxy) is 1. The lowest BCUT2D eigenvalue weighted by Gasteiger charge is -2.19. The van der Waals surface area contributed by atoms with Gasteiger partial charge in [0.1, 0.15) is 10.6 Å². The van der Waals surface area contributed by atoms with Gasteiger partial charge in [0.05, 0.1) is 11.6 Å². The molecule has 1 unspecified atom stereocenters. The Morgan fingerprint density at radius 2 is 2.62 bits per heavy atom. The molecular formula is C9H12ClNOS. The predicted molar refractivity (Wildman–Crippen MR) is 54.2 cm³/mol. The second kappa shape index (κ2) is 3.56. The second-order valence-corrected chi connectivity index (χ2v) is 4.59. The number of nitrogens with zero attached hydrogens (tertiary/aromatic N) is 1. The Morgan fingerprint density at radius 3 is 3.15 bits per heavy atom. The summed E-state index contributed by atoms with van der Waals surface area (Å²) in [5, 5.41) is 3.08. The summed E-state index contributed by atoms with van der Waals surface area (Å²) in [6, 6.07) is 0. The summed E-state index contributed by atoms with van der Waals surface area (Å²) < 4.78 is 5.69. The molecule has 1 atom stereocenters. The van der Waals surface area contributed by atoms with Crippen LogP contribution in [-0.2, 0) is 16.2 Å². The first kappa shape index (κ1) is 9.44. The van der Waals surface area contributed by atoms with Crippen LogP contribution in [0, 0.1) is 0 Å². The molecule has 2 rings (SSSR count). The van der Waals surface area contributed by atoms with Crippen molar-refractivity contribution in [2.75, 3.05) is 6.61 Å². The van der Waals surface area contributed by atoms with E-state index < -0.39 is 0 Å². The largest absolute Gasteiger partial charge is 0.368 e. The highest BCUT2D eigenvalue weighted by Crippen LogP contribution is 2.37. The van der Waals surface area contributed by atoms with E-state index >= 15 is 0 Å². The van der Waals surface area contributed by atoms with Crippen LogP contribution in [0.25, 0.3) is 0 Å². The third-order valence-electron chi connectivity index (χ3n) is 2.36. The van der Waals surface area contributed by atoms with E-state index in [4.69, 9.17) is 16.3 Å². The Morgan fingerprint density at radius 1 is 1.77 bits per heavy atom. The minimum atomic E-state index is -0.144. The molecule has 0 bridgehead atoms. The average Bonchev–Trinajstić information content (AvgIpc) is 2.72. The topological polar surface area (TPSA) is 22.1 Å². The average molecular weight is 218 g/mol. The molecule has 0 saturated carbocycles. The third-order valence-corrected chi connectivity index (χ3v) is 3.77. The number of aromatic nitrogens is 1. The normalized spacial score (nSPS) is 28.2. The molecule has 1 aromatic heterocycles. The molecule has 1 aliphatic rings. The highest BCUT2D eigenvalue weighted by Gasteiger charge is 2.34. The monoisotopic (exact) mass is 217 g/mol. The van der Waals surface area contributed by atoms with E-state index in [0.717, 1.165) is 30.2 Å². The van der Waals surface area contributed by atoms with E-state index in [1.807, 2.05) is 5.38 Å². The molecule has 1 fully saturated rings. The first-order valence-corrected chi connectivity index (χ1v) is 5.81. The summed E-state index contributed by atoms with van der Waals surface area (Å²) in [5.41, 5.74) is 0.813. The molecule has 0 amide bonds. The Balaban J connectivity index is 2.23. The van der Waals surface area contributed by atoms with Gasteiger partial charge in [-0.15, -0.1) is 22.9 Å². The minimum Gasteiger partial charge on any atom is -0.368 e. The van der Waals surface area contributed by atoms with Crippen molar-refractivity contribution in [2.24, 2.45) is 0 Å². The fourth-order valence-corrected chi connectivity index (χ4v) is 2.75. The van der Waals surface area contributed by atoms with Gasteiger partial charge >= 0.3 is 0 Å². The number of alkyl halides is 1. The van der Waals surface area contributed by atoms with Gasteiger partial charge in [-0.3, -0.25) is 0 Å². The molecule has 2 nitrogen and oxygen atoms in total.